The van der Waals surface area contributed by atoms with Crippen LogP contribution < -0.4 is 15.5 Å². The maximum Gasteiger partial charge on any atom is 0.187 e. The highest BCUT2D eigenvalue weighted by Crippen LogP contribution is 2.11. The maximum atomic E-state index is 5.10. The van der Waals surface area contributed by atoms with Gasteiger partial charge in [-0.05, 0) is 49.0 Å². The number of thiocarbonyl (C=S) groups is 1. The molecule has 5 heteroatoms. The fourth-order valence-corrected chi connectivity index (χ4v) is 1.36. The zero-order valence-electron chi connectivity index (χ0n) is 10.6. The number of rotatable bonds is 5. The molecule has 1 aromatic rings. The first-order valence-electron chi connectivity index (χ1n) is 5.51. The molecule has 0 aliphatic rings. The number of ether oxygens (including phenoxy) is 1. The summed E-state index contributed by atoms with van der Waals surface area (Å²) in [6.07, 6.45) is 1.73. The second kappa shape index (κ2) is 7.45. The van der Waals surface area contributed by atoms with Gasteiger partial charge in [-0.25, -0.2) is 0 Å². The molecule has 0 bridgehead atoms. The first-order chi connectivity index (χ1) is 8.67. The molecule has 0 spiro atoms. The minimum absolute atomic E-state index is 0.475. The molecule has 4 nitrogen and oxygen atoms in total. The molecule has 1 rings (SSSR count). The molecule has 1 aromatic carbocycles. The van der Waals surface area contributed by atoms with Crippen molar-refractivity contribution in [1.82, 2.24) is 10.7 Å². The summed E-state index contributed by atoms with van der Waals surface area (Å²) in [6.45, 7) is 6.12. The minimum atomic E-state index is 0.475. The van der Waals surface area contributed by atoms with E-state index in [1.54, 1.807) is 13.2 Å². The summed E-state index contributed by atoms with van der Waals surface area (Å²) in [6, 6.07) is 7.67. The monoisotopic (exact) mass is 263 g/mol. The van der Waals surface area contributed by atoms with Crippen LogP contribution in [0.1, 0.15) is 12.5 Å². The van der Waals surface area contributed by atoms with E-state index in [0.29, 0.717) is 11.7 Å². The van der Waals surface area contributed by atoms with Gasteiger partial charge in [0.05, 0.1) is 12.8 Å². The maximum absolute atomic E-state index is 5.10. The lowest BCUT2D eigenvalue weighted by atomic mass is 10.1. The quantitative estimate of drug-likeness (QED) is 0.369. The van der Waals surface area contributed by atoms with Crippen molar-refractivity contribution in [2.45, 2.75) is 6.92 Å². The van der Waals surface area contributed by atoms with Crippen molar-refractivity contribution in [3.8, 4) is 5.75 Å². The zero-order chi connectivity index (χ0) is 13.4. The zero-order valence-corrected chi connectivity index (χ0v) is 11.4. The van der Waals surface area contributed by atoms with E-state index in [2.05, 4.69) is 22.4 Å². The fraction of sp³-hybridized carbons (Fsp3) is 0.231. The van der Waals surface area contributed by atoms with Crippen LogP contribution in [0.4, 0.5) is 0 Å². The predicted octanol–water partition coefficient (Wildman–Crippen LogP) is 2.07. The third kappa shape index (κ3) is 4.55. The summed E-state index contributed by atoms with van der Waals surface area (Å²) in [7, 11) is 1.64. The van der Waals surface area contributed by atoms with Gasteiger partial charge in [0.1, 0.15) is 5.75 Å². The summed E-state index contributed by atoms with van der Waals surface area (Å²) in [4.78, 5) is 0. The Hall–Kier alpha value is -1.88. The number of methoxy groups -OCH3 is 1. The van der Waals surface area contributed by atoms with Gasteiger partial charge in [0, 0.05) is 6.54 Å². The van der Waals surface area contributed by atoms with Gasteiger partial charge in [0.15, 0.2) is 5.11 Å². The van der Waals surface area contributed by atoms with Gasteiger partial charge in [-0.2, -0.15) is 5.10 Å². The summed E-state index contributed by atoms with van der Waals surface area (Å²) >= 11 is 5.03. The summed E-state index contributed by atoms with van der Waals surface area (Å²) in [5.74, 6) is 0.822. The first kappa shape index (κ1) is 14.2. The molecule has 0 radical (unpaired) electrons. The third-order valence-corrected chi connectivity index (χ3v) is 2.48. The van der Waals surface area contributed by atoms with E-state index in [9.17, 15) is 0 Å². The molecule has 0 heterocycles. The van der Waals surface area contributed by atoms with Gasteiger partial charge in [0.2, 0.25) is 0 Å². The van der Waals surface area contributed by atoms with Gasteiger partial charge >= 0.3 is 0 Å². The Balaban J connectivity index is 2.59. The average molecular weight is 263 g/mol. The van der Waals surface area contributed by atoms with Crippen molar-refractivity contribution in [1.29, 1.82) is 0 Å². The van der Waals surface area contributed by atoms with Gasteiger partial charge in [-0.3, -0.25) is 5.43 Å². The van der Waals surface area contributed by atoms with E-state index >= 15 is 0 Å². The van der Waals surface area contributed by atoms with E-state index in [4.69, 9.17) is 17.0 Å². The van der Waals surface area contributed by atoms with Crippen LogP contribution in [0.15, 0.2) is 42.0 Å². The van der Waals surface area contributed by atoms with Crippen LogP contribution in [-0.2, 0) is 0 Å². The summed E-state index contributed by atoms with van der Waals surface area (Å²) in [5.41, 5.74) is 4.63. The highest BCUT2D eigenvalue weighted by Gasteiger charge is 1.98. The van der Waals surface area contributed by atoms with E-state index in [0.717, 1.165) is 17.0 Å². The van der Waals surface area contributed by atoms with Crippen molar-refractivity contribution in [2.75, 3.05) is 13.7 Å². The summed E-state index contributed by atoms with van der Waals surface area (Å²) < 4.78 is 5.10. The second-order valence-corrected chi connectivity index (χ2v) is 3.94. The SMILES string of the molecule is C=CCNC(=S)N/N=C(/C)c1ccc(OC)cc1. The molecule has 0 atom stereocenters. The molecule has 96 valence electrons. The predicted molar refractivity (Wildman–Crippen MR) is 79.1 cm³/mol. The number of nitrogens with zero attached hydrogens (tertiary/aromatic N) is 1. The number of hydrogen-bond acceptors (Lipinski definition) is 3. The largest absolute Gasteiger partial charge is 0.497 e. The molecule has 0 saturated heterocycles. The van der Waals surface area contributed by atoms with E-state index < -0.39 is 0 Å². The van der Waals surface area contributed by atoms with Gasteiger partial charge in [-0.15, -0.1) is 6.58 Å². The number of hydrogen-bond donors (Lipinski definition) is 2. The molecule has 2 N–H and O–H groups in total. The molecule has 0 amide bonds. The number of hydrazone groups is 1. The van der Waals surface area contributed by atoms with Crippen LogP contribution in [0.25, 0.3) is 0 Å². The normalized spacial score (nSPS) is 10.7. The smallest absolute Gasteiger partial charge is 0.187 e. The van der Waals surface area contributed by atoms with Crippen LogP contribution in [-0.4, -0.2) is 24.5 Å². The first-order valence-corrected chi connectivity index (χ1v) is 5.91. The Bertz CT molecular complexity index is 440. The standard InChI is InChI=1S/C13H17N3OS/c1-4-9-14-13(18)16-15-10(2)11-5-7-12(17-3)8-6-11/h4-8H,1,9H2,2-3H3,(H2,14,16,18)/b15-10-. The highest BCUT2D eigenvalue weighted by molar-refractivity contribution is 7.80. The Kier molecular flexibility index (Phi) is 5.87. The van der Waals surface area contributed by atoms with Gasteiger partial charge in [-0.1, -0.05) is 6.08 Å². The molecule has 0 saturated carbocycles. The van der Waals surface area contributed by atoms with Crippen LogP contribution in [0.2, 0.25) is 0 Å². The molecule has 0 aliphatic heterocycles. The molecular weight excluding hydrogens is 246 g/mol. The molecule has 0 aromatic heterocycles. The van der Waals surface area contributed by atoms with Crippen LogP contribution in [0, 0.1) is 0 Å². The summed E-state index contributed by atoms with van der Waals surface area (Å²) in [5, 5.41) is 7.60. The van der Waals surface area contributed by atoms with Crippen molar-refractivity contribution in [2.24, 2.45) is 5.10 Å². The Morgan fingerprint density at radius 1 is 1.44 bits per heavy atom. The topological polar surface area (TPSA) is 45.7 Å². The molecule has 0 unspecified atom stereocenters. The second-order valence-electron chi connectivity index (χ2n) is 3.54. The van der Waals surface area contributed by atoms with Gasteiger partial charge < -0.3 is 10.1 Å². The van der Waals surface area contributed by atoms with Gasteiger partial charge in [0.25, 0.3) is 0 Å². The fourth-order valence-electron chi connectivity index (χ4n) is 1.24. The Labute approximate surface area is 113 Å². The van der Waals surface area contributed by atoms with Crippen molar-refractivity contribution in [3.63, 3.8) is 0 Å². The van der Waals surface area contributed by atoms with Crippen molar-refractivity contribution >= 4 is 23.0 Å². The van der Waals surface area contributed by atoms with Crippen LogP contribution >= 0.6 is 12.2 Å². The van der Waals surface area contributed by atoms with E-state index in [-0.39, 0.29) is 0 Å². The highest BCUT2D eigenvalue weighted by atomic mass is 32.1. The van der Waals surface area contributed by atoms with Crippen molar-refractivity contribution < 1.29 is 4.74 Å². The van der Waals surface area contributed by atoms with Crippen LogP contribution in [0.3, 0.4) is 0 Å². The van der Waals surface area contributed by atoms with E-state index in [1.165, 1.54) is 0 Å². The minimum Gasteiger partial charge on any atom is -0.497 e. The number of nitrogens with one attached hydrogen (secondary N) is 2. The Morgan fingerprint density at radius 3 is 2.67 bits per heavy atom. The van der Waals surface area contributed by atoms with Crippen LogP contribution in [0.5, 0.6) is 5.75 Å². The lowest BCUT2D eigenvalue weighted by molar-refractivity contribution is 0.415. The lowest BCUT2D eigenvalue weighted by Crippen LogP contribution is -2.32. The number of benzene rings is 1. The molecule has 18 heavy (non-hydrogen) atoms. The molecular formula is C13H17N3OS. The molecule has 0 fully saturated rings. The van der Waals surface area contributed by atoms with Crippen molar-refractivity contribution in [3.05, 3.63) is 42.5 Å². The van der Waals surface area contributed by atoms with E-state index in [1.807, 2.05) is 31.2 Å². The Morgan fingerprint density at radius 2 is 2.11 bits per heavy atom. The average Bonchev–Trinajstić information content (AvgIpc) is 2.42. The third-order valence-electron chi connectivity index (χ3n) is 2.24. The lowest BCUT2D eigenvalue weighted by Gasteiger charge is -2.06. The molecule has 0 aliphatic carbocycles.